The number of halogens is 1. The minimum Gasteiger partial charge on any atom is -0.383 e. The number of nitrogens with one attached hydrogen (secondary N) is 1. The molecule has 0 bridgehead atoms. The van der Waals surface area contributed by atoms with Crippen molar-refractivity contribution in [1.29, 1.82) is 0 Å². The average Bonchev–Trinajstić information content (AvgIpc) is 2.48. The summed E-state index contributed by atoms with van der Waals surface area (Å²) in [5.74, 6) is 1.49. The van der Waals surface area contributed by atoms with E-state index in [2.05, 4.69) is 50.0 Å². The molecule has 0 fully saturated rings. The van der Waals surface area contributed by atoms with Crippen LogP contribution in [-0.2, 0) is 9.47 Å². The predicted octanol–water partition coefficient (Wildman–Crippen LogP) is 2.55. The Bertz CT molecular complexity index is 420. The first-order chi connectivity index (χ1) is 10.1. The van der Waals surface area contributed by atoms with Gasteiger partial charge in [0.1, 0.15) is 5.82 Å². The summed E-state index contributed by atoms with van der Waals surface area (Å²) in [5, 5.41) is 3.21. The highest BCUT2D eigenvalue weighted by atomic mass is 79.9. The molecule has 0 amide bonds. The number of methoxy groups -OCH3 is 2. The molecule has 0 aliphatic rings. The highest BCUT2D eigenvalue weighted by Crippen LogP contribution is 2.26. The number of anilines is 2. The van der Waals surface area contributed by atoms with E-state index in [9.17, 15) is 0 Å². The van der Waals surface area contributed by atoms with Crippen molar-refractivity contribution < 1.29 is 9.47 Å². The van der Waals surface area contributed by atoms with Gasteiger partial charge in [0.25, 0.3) is 0 Å². The van der Waals surface area contributed by atoms with Gasteiger partial charge in [-0.1, -0.05) is 6.92 Å². The van der Waals surface area contributed by atoms with E-state index in [0.717, 1.165) is 29.8 Å². The Hall–Kier alpha value is -0.920. The first-order valence-corrected chi connectivity index (χ1v) is 7.94. The minimum atomic E-state index is 0.190. The van der Waals surface area contributed by atoms with Crippen LogP contribution in [0.1, 0.15) is 20.3 Å². The number of aromatic nitrogens is 2. The van der Waals surface area contributed by atoms with Crippen LogP contribution in [0, 0.1) is 0 Å². The molecule has 1 unspecified atom stereocenters. The smallest absolute Gasteiger partial charge is 0.224 e. The molecule has 1 atom stereocenters. The van der Waals surface area contributed by atoms with Crippen molar-refractivity contribution in [3.63, 3.8) is 0 Å². The maximum atomic E-state index is 5.26. The van der Waals surface area contributed by atoms with Crippen LogP contribution in [0.4, 0.5) is 11.8 Å². The van der Waals surface area contributed by atoms with Crippen LogP contribution in [0.25, 0.3) is 0 Å². The fraction of sp³-hybridized carbons (Fsp3) is 0.714. The van der Waals surface area contributed by atoms with Crippen molar-refractivity contribution in [2.75, 3.05) is 50.7 Å². The molecule has 0 aromatic carbocycles. The molecule has 120 valence electrons. The molecule has 21 heavy (non-hydrogen) atoms. The van der Waals surface area contributed by atoms with E-state index in [-0.39, 0.29) is 6.04 Å². The van der Waals surface area contributed by atoms with E-state index in [1.54, 1.807) is 20.4 Å². The van der Waals surface area contributed by atoms with Gasteiger partial charge in [-0.25, -0.2) is 4.98 Å². The third-order valence-corrected chi connectivity index (χ3v) is 3.57. The Morgan fingerprint density at radius 3 is 2.76 bits per heavy atom. The number of hydrogen-bond acceptors (Lipinski definition) is 6. The van der Waals surface area contributed by atoms with Crippen molar-refractivity contribution in [3.8, 4) is 0 Å². The lowest BCUT2D eigenvalue weighted by Crippen LogP contribution is -2.39. The van der Waals surface area contributed by atoms with Gasteiger partial charge in [0.2, 0.25) is 5.95 Å². The molecular weight excluding hydrogens is 336 g/mol. The molecule has 0 saturated carbocycles. The maximum absolute atomic E-state index is 5.26. The zero-order valence-corrected chi connectivity index (χ0v) is 14.8. The molecule has 0 aliphatic heterocycles. The van der Waals surface area contributed by atoms with Gasteiger partial charge in [0, 0.05) is 33.5 Å². The SMILES string of the molecule is CCCNc1ncc(Br)c(N(CCOC)C(C)COC)n1. The van der Waals surface area contributed by atoms with Crippen LogP contribution in [0.15, 0.2) is 10.7 Å². The second-order valence-corrected chi connectivity index (χ2v) is 5.64. The van der Waals surface area contributed by atoms with E-state index in [1.807, 2.05) is 0 Å². The molecule has 1 aromatic heterocycles. The van der Waals surface area contributed by atoms with E-state index in [4.69, 9.17) is 9.47 Å². The molecule has 1 heterocycles. The van der Waals surface area contributed by atoms with Crippen molar-refractivity contribution in [2.24, 2.45) is 0 Å². The Morgan fingerprint density at radius 2 is 2.14 bits per heavy atom. The Labute approximate surface area is 135 Å². The summed E-state index contributed by atoms with van der Waals surface area (Å²) in [6, 6.07) is 0.190. The Balaban J connectivity index is 2.97. The lowest BCUT2D eigenvalue weighted by atomic mass is 10.3. The number of nitrogens with zero attached hydrogens (tertiary/aromatic N) is 3. The standard InChI is InChI=1S/C14H25BrN4O2/c1-5-6-16-14-17-9-12(15)13(18-14)19(7-8-20-3)11(2)10-21-4/h9,11H,5-8,10H2,1-4H3,(H,16,17,18). The van der Waals surface area contributed by atoms with Gasteiger partial charge < -0.3 is 19.7 Å². The lowest BCUT2D eigenvalue weighted by Gasteiger charge is -2.30. The molecule has 1 rings (SSSR count). The average molecular weight is 361 g/mol. The van der Waals surface area contributed by atoms with Crippen molar-refractivity contribution in [2.45, 2.75) is 26.3 Å². The summed E-state index contributed by atoms with van der Waals surface area (Å²) >= 11 is 3.53. The van der Waals surface area contributed by atoms with Crippen LogP contribution >= 0.6 is 15.9 Å². The first-order valence-electron chi connectivity index (χ1n) is 7.14. The summed E-state index contributed by atoms with van der Waals surface area (Å²) in [6.45, 7) is 7.06. The first kappa shape index (κ1) is 18.1. The third-order valence-electron chi connectivity index (χ3n) is 3.01. The van der Waals surface area contributed by atoms with E-state index in [1.165, 1.54) is 0 Å². The van der Waals surface area contributed by atoms with Crippen LogP contribution in [0.2, 0.25) is 0 Å². The fourth-order valence-electron chi connectivity index (χ4n) is 1.94. The molecule has 1 N–H and O–H groups in total. The third kappa shape index (κ3) is 5.76. The minimum absolute atomic E-state index is 0.190. The summed E-state index contributed by atoms with van der Waals surface area (Å²) in [6.07, 6.45) is 2.81. The summed E-state index contributed by atoms with van der Waals surface area (Å²) < 4.78 is 11.3. The van der Waals surface area contributed by atoms with Gasteiger partial charge in [0.15, 0.2) is 0 Å². The zero-order chi connectivity index (χ0) is 15.7. The Morgan fingerprint density at radius 1 is 1.38 bits per heavy atom. The van der Waals surface area contributed by atoms with E-state index < -0.39 is 0 Å². The van der Waals surface area contributed by atoms with Crippen molar-refractivity contribution >= 4 is 27.7 Å². The van der Waals surface area contributed by atoms with Gasteiger partial charge in [0.05, 0.1) is 23.7 Å². The van der Waals surface area contributed by atoms with Crippen LogP contribution < -0.4 is 10.2 Å². The van der Waals surface area contributed by atoms with Crippen LogP contribution in [-0.4, -0.2) is 56.5 Å². The molecule has 6 nitrogen and oxygen atoms in total. The highest BCUT2D eigenvalue weighted by Gasteiger charge is 2.19. The topological polar surface area (TPSA) is 59.5 Å². The van der Waals surface area contributed by atoms with E-state index in [0.29, 0.717) is 19.2 Å². The number of hydrogen-bond donors (Lipinski definition) is 1. The molecule has 0 aliphatic carbocycles. The maximum Gasteiger partial charge on any atom is 0.224 e. The lowest BCUT2D eigenvalue weighted by molar-refractivity contribution is 0.170. The van der Waals surface area contributed by atoms with Crippen LogP contribution in [0.3, 0.4) is 0 Å². The molecule has 7 heteroatoms. The monoisotopic (exact) mass is 360 g/mol. The largest absolute Gasteiger partial charge is 0.383 e. The summed E-state index contributed by atoms with van der Waals surface area (Å²) in [4.78, 5) is 11.1. The highest BCUT2D eigenvalue weighted by molar-refractivity contribution is 9.10. The number of rotatable bonds is 10. The molecule has 0 radical (unpaired) electrons. The molecule has 0 spiro atoms. The molecular formula is C14H25BrN4O2. The molecule has 1 aromatic rings. The predicted molar refractivity (Wildman–Crippen MR) is 89.1 cm³/mol. The zero-order valence-electron chi connectivity index (χ0n) is 13.2. The normalized spacial score (nSPS) is 12.2. The molecule has 0 saturated heterocycles. The Kier molecular flexibility index (Phi) is 8.56. The second-order valence-electron chi connectivity index (χ2n) is 4.78. The van der Waals surface area contributed by atoms with Gasteiger partial charge in [-0.05, 0) is 29.3 Å². The summed E-state index contributed by atoms with van der Waals surface area (Å²) in [7, 11) is 3.40. The van der Waals surface area contributed by atoms with Gasteiger partial charge in [-0.15, -0.1) is 0 Å². The quantitative estimate of drug-likeness (QED) is 0.691. The summed E-state index contributed by atoms with van der Waals surface area (Å²) in [5.41, 5.74) is 0. The second kappa shape index (κ2) is 9.92. The fourth-order valence-corrected chi connectivity index (χ4v) is 2.36. The van der Waals surface area contributed by atoms with Crippen molar-refractivity contribution in [1.82, 2.24) is 9.97 Å². The van der Waals surface area contributed by atoms with Crippen molar-refractivity contribution in [3.05, 3.63) is 10.7 Å². The number of ether oxygens (including phenoxy) is 2. The van der Waals surface area contributed by atoms with Gasteiger partial charge in [-0.2, -0.15) is 4.98 Å². The van der Waals surface area contributed by atoms with Gasteiger partial charge in [-0.3, -0.25) is 0 Å². The van der Waals surface area contributed by atoms with Crippen LogP contribution in [0.5, 0.6) is 0 Å². The van der Waals surface area contributed by atoms with Gasteiger partial charge >= 0.3 is 0 Å². The van der Waals surface area contributed by atoms with E-state index >= 15 is 0 Å².